The Hall–Kier alpha value is -4.30. The number of furan rings is 1. The molecule has 1 aliphatic carbocycles. The second-order valence-corrected chi connectivity index (χ2v) is 9.89. The Morgan fingerprint density at radius 2 is 1.37 bits per heavy atom. The first kappa shape index (κ1) is 20.1. The Balaban J connectivity index is 1.37. The number of hydrogen-bond donors (Lipinski definition) is 1. The summed E-state index contributed by atoms with van der Waals surface area (Å²) in [6, 6.07) is 38.6. The minimum absolute atomic E-state index is 0.0130. The minimum atomic E-state index is 0.0130. The van der Waals surface area contributed by atoms with Gasteiger partial charge in [0, 0.05) is 22.1 Å². The monoisotopic (exact) mass is 451 g/mol. The standard InChI is InChI=1S/C33H25NO/c1-33(2)27-15-7-6-12-24(27)26-20-22(18-19-28(26)33)34-29-16-9-17-30-31(29)25-14-8-13-23(32(25)35-30)21-10-4-3-5-11-21/h3-20,34H,1-2H3. The smallest absolute Gasteiger partial charge is 0.143 e. The lowest BCUT2D eigenvalue weighted by Crippen LogP contribution is -2.14. The predicted octanol–water partition coefficient (Wildman–Crippen LogP) is 9.30. The van der Waals surface area contributed by atoms with Crippen molar-refractivity contribution in [1.29, 1.82) is 0 Å². The summed E-state index contributed by atoms with van der Waals surface area (Å²) < 4.78 is 6.42. The van der Waals surface area contributed by atoms with Crippen LogP contribution in [0, 0.1) is 0 Å². The van der Waals surface area contributed by atoms with Gasteiger partial charge in [0.25, 0.3) is 0 Å². The van der Waals surface area contributed by atoms with E-state index in [1.807, 2.05) is 6.07 Å². The molecule has 1 heterocycles. The van der Waals surface area contributed by atoms with E-state index in [9.17, 15) is 0 Å². The second kappa shape index (κ2) is 7.35. The Kier molecular flexibility index (Phi) is 4.22. The maximum atomic E-state index is 6.42. The lowest BCUT2D eigenvalue weighted by molar-refractivity contribution is 0.660. The van der Waals surface area contributed by atoms with Crippen molar-refractivity contribution in [2.45, 2.75) is 19.3 Å². The van der Waals surface area contributed by atoms with Gasteiger partial charge < -0.3 is 9.73 Å². The molecule has 0 radical (unpaired) electrons. The molecule has 0 atom stereocenters. The summed E-state index contributed by atoms with van der Waals surface area (Å²) in [6.07, 6.45) is 0. The zero-order chi connectivity index (χ0) is 23.6. The second-order valence-electron chi connectivity index (χ2n) is 9.89. The van der Waals surface area contributed by atoms with Crippen LogP contribution in [0.15, 0.2) is 114 Å². The van der Waals surface area contributed by atoms with Gasteiger partial charge in [-0.1, -0.05) is 98.8 Å². The van der Waals surface area contributed by atoms with Crippen LogP contribution in [0.1, 0.15) is 25.0 Å². The van der Waals surface area contributed by atoms with E-state index in [1.165, 1.54) is 22.3 Å². The topological polar surface area (TPSA) is 25.2 Å². The summed E-state index contributed by atoms with van der Waals surface area (Å²) in [6.45, 7) is 4.63. The highest BCUT2D eigenvalue weighted by Gasteiger charge is 2.35. The molecule has 7 rings (SSSR count). The summed E-state index contributed by atoms with van der Waals surface area (Å²) in [5, 5.41) is 5.95. The highest BCUT2D eigenvalue weighted by Crippen LogP contribution is 2.49. The molecule has 0 bridgehead atoms. The molecule has 0 saturated carbocycles. The lowest BCUT2D eigenvalue weighted by Gasteiger charge is -2.21. The van der Waals surface area contributed by atoms with Crippen molar-refractivity contribution < 1.29 is 4.42 Å². The maximum absolute atomic E-state index is 6.42. The molecular weight excluding hydrogens is 426 g/mol. The molecule has 2 nitrogen and oxygen atoms in total. The molecule has 0 spiro atoms. The highest BCUT2D eigenvalue weighted by atomic mass is 16.3. The van der Waals surface area contributed by atoms with Gasteiger partial charge in [-0.3, -0.25) is 0 Å². The number of anilines is 2. The van der Waals surface area contributed by atoms with Crippen molar-refractivity contribution >= 4 is 33.3 Å². The summed E-state index contributed by atoms with van der Waals surface area (Å²) in [7, 11) is 0. The molecule has 5 aromatic carbocycles. The fraction of sp³-hybridized carbons (Fsp3) is 0.0909. The Bertz CT molecular complexity index is 1740. The van der Waals surface area contributed by atoms with E-state index >= 15 is 0 Å². The van der Waals surface area contributed by atoms with Crippen molar-refractivity contribution in [1.82, 2.24) is 0 Å². The summed E-state index contributed by atoms with van der Waals surface area (Å²) in [4.78, 5) is 0. The summed E-state index contributed by atoms with van der Waals surface area (Å²) in [5.41, 5.74) is 11.6. The molecule has 168 valence electrons. The normalized spacial score (nSPS) is 13.7. The van der Waals surface area contributed by atoms with Crippen molar-refractivity contribution in [3.05, 3.63) is 120 Å². The first-order valence-corrected chi connectivity index (χ1v) is 12.1. The largest absolute Gasteiger partial charge is 0.455 e. The van der Waals surface area contributed by atoms with Gasteiger partial charge in [-0.2, -0.15) is 0 Å². The van der Waals surface area contributed by atoms with E-state index in [2.05, 4.69) is 122 Å². The zero-order valence-corrected chi connectivity index (χ0v) is 19.8. The van der Waals surface area contributed by atoms with E-state index < -0.39 is 0 Å². The van der Waals surface area contributed by atoms with Crippen LogP contribution >= 0.6 is 0 Å². The molecule has 35 heavy (non-hydrogen) atoms. The van der Waals surface area contributed by atoms with Gasteiger partial charge in [0.2, 0.25) is 0 Å². The molecule has 0 amide bonds. The van der Waals surface area contributed by atoms with Crippen LogP contribution in [-0.2, 0) is 5.41 Å². The van der Waals surface area contributed by atoms with Gasteiger partial charge in [0.15, 0.2) is 0 Å². The Morgan fingerprint density at radius 3 is 2.26 bits per heavy atom. The molecule has 1 N–H and O–H groups in total. The minimum Gasteiger partial charge on any atom is -0.455 e. The Morgan fingerprint density at radius 1 is 0.629 bits per heavy atom. The number of nitrogens with one attached hydrogen (secondary N) is 1. The van der Waals surface area contributed by atoms with Crippen molar-refractivity contribution in [2.75, 3.05) is 5.32 Å². The molecule has 0 aliphatic heterocycles. The number of fused-ring (bicyclic) bond motifs is 6. The zero-order valence-electron chi connectivity index (χ0n) is 19.8. The van der Waals surface area contributed by atoms with Crippen LogP contribution in [0.4, 0.5) is 11.4 Å². The molecule has 6 aromatic rings. The molecule has 1 aromatic heterocycles. The SMILES string of the molecule is CC1(C)c2ccccc2-c2cc(Nc3cccc4oc5c(-c6ccccc6)cccc5c34)ccc21. The summed E-state index contributed by atoms with van der Waals surface area (Å²) >= 11 is 0. The fourth-order valence-corrected chi connectivity index (χ4v) is 5.75. The molecule has 1 aliphatic rings. The molecule has 2 heteroatoms. The highest BCUT2D eigenvalue weighted by molar-refractivity contribution is 6.15. The predicted molar refractivity (Wildman–Crippen MR) is 146 cm³/mol. The summed E-state index contributed by atoms with van der Waals surface area (Å²) in [5.74, 6) is 0. The van der Waals surface area contributed by atoms with Gasteiger partial charge in [-0.15, -0.1) is 0 Å². The van der Waals surface area contributed by atoms with E-state index in [4.69, 9.17) is 4.42 Å². The first-order chi connectivity index (χ1) is 17.1. The number of hydrogen-bond acceptors (Lipinski definition) is 2. The van der Waals surface area contributed by atoms with Crippen LogP contribution < -0.4 is 5.32 Å². The van der Waals surface area contributed by atoms with Gasteiger partial charge in [-0.25, -0.2) is 0 Å². The lowest BCUT2D eigenvalue weighted by atomic mass is 9.82. The molecular formula is C33H25NO. The van der Waals surface area contributed by atoms with E-state index in [1.54, 1.807) is 0 Å². The Labute approximate surface area is 204 Å². The van der Waals surface area contributed by atoms with Crippen molar-refractivity contribution in [2.24, 2.45) is 0 Å². The number of benzene rings is 5. The van der Waals surface area contributed by atoms with E-state index in [-0.39, 0.29) is 5.41 Å². The molecule has 0 saturated heterocycles. The maximum Gasteiger partial charge on any atom is 0.143 e. The van der Waals surface area contributed by atoms with Crippen LogP contribution in [0.3, 0.4) is 0 Å². The third kappa shape index (κ3) is 2.96. The van der Waals surface area contributed by atoms with Gasteiger partial charge in [0.05, 0.1) is 11.1 Å². The fourth-order valence-electron chi connectivity index (χ4n) is 5.75. The van der Waals surface area contributed by atoms with Gasteiger partial charge >= 0.3 is 0 Å². The van der Waals surface area contributed by atoms with E-state index in [0.717, 1.165) is 44.4 Å². The van der Waals surface area contributed by atoms with Crippen LogP contribution in [0.25, 0.3) is 44.2 Å². The third-order valence-electron chi connectivity index (χ3n) is 7.47. The van der Waals surface area contributed by atoms with Crippen LogP contribution in [0.5, 0.6) is 0 Å². The van der Waals surface area contributed by atoms with Crippen LogP contribution in [-0.4, -0.2) is 0 Å². The first-order valence-electron chi connectivity index (χ1n) is 12.1. The van der Waals surface area contributed by atoms with Crippen molar-refractivity contribution in [3.8, 4) is 22.3 Å². The third-order valence-corrected chi connectivity index (χ3v) is 7.47. The average molecular weight is 452 g/mol. The van der Waals surface area contributed by atoms with Gasteiger partial charge in [0.1, 0.15) is 11.2 Å². The number of para-hydroxylation sites is 1. The molecule has 0 unspecified atom stereocenters. The quantitative estimate of drug-likeness (QED) is 0.290. The van der Waals surface area contributed by atoms with Gasteiger partial charge in [-0.05, 0) is 52.1 Å². The number of rotatable bonds is 3. The van der Waals surface area contributed by atoms with E-state index in [0.29, 0.717) is 0 Å². The average Bonchev–Trinajstić information content (AvgIpc) is 3.38. The van der Waals surface area contributed by atoms with Crippen LogP contribution in [0.2, 0.25) is 0 Å². The van der Waals surface area contributed by atoms with Crippen molar-refractivity contribution in [3.63, 3.8) is 0 Å². The molecule has 0 fully saturated rings.